The van der Waals surface area contributed by atoms with Crippen molar-refractivity contribution in [3.8, 4) is 11.5 Å². The van der Waals surface area contributed by atoms with E-state index in [9.17, 15) is 9.59 Å². The number of para-hydroxylation sites is 1. The number of amides is 3. The van der Waals surface area contributed by atoms with E-state index in [-0.39, 0.29) is 17.6 Å². The van der Waals surface area contributed by atoms with Crippen LogP contribution in [0.2, 0.25) is 5.15 Å². The summed E-state index contributed by atoms with van der Waals surface area (Å²) in [6.07, 6.45) is 0.783. The predicted octanol–water partition coefficient (Wildman–Crippen LogP) is 4.02. The minimum absolute atomic E-state index is 0.0292. The number of fused-ring (bicyclic) bond motifs is 2. The van der Waals surface area contributed by atoms with Gasteiger partial charge in [-0.15, -0.1) is 0 Å². The van der Waals surface area contributed by atoms with E-state index in [1.54, 1.807) is 25.1 Å². The second kappa shape index (κ2) is 7.42. The third-order valence-corrected chi connectivity index (χ3v) is 6.01. The number of imide groups is 1. The van der Waals surface area contributed by atoms with Gasteiger partial charge in [0.05, 0.1) is 25.3 Å². The fraction of sp³-hybridized carbons (Fsp3) is 0.261. The first kappa shape index (κ1) is 19.6. The molecule has 8 heteroatoms. The van der Waals surface area contributed by atoms with E-state index in [4.69, 9.17) is 21.1 Å². The molecule has 0 spiro atoms. The summed E-state index contributed by atoms with van der Waals surface area (Å²) in [5.41, 5.74) is 0.760. The van der Waals surface area contributed by atoms with Crippen LogP contribution in [0.5, 0.6) is 11.5 Å². The van der Waals surface area contributed by atoms with Gasteiger partial charge in [-0.2, -0.15) is 0 Å². The molecule has 3 heterocycles. The molecule has 3 amide bonds. The summed E-state index contributed by atoms with van der Waals surface area (Å²) in [5.74, 6) is 0.835. The molecule has 7 nitrogen and oxygen atoms in total. The lowest BCUT2D eigenvalue weighted by molar-refractivity contribution is -0.131. The molecule has 1 fully saturated rings. The summed E-state index contributed by atoms with van der Waals surface area (Å²) >= 11 is 6.35. The van der Waals surface area contributed by atoms with Crippen LogP contribution in [0, 0.1) is 0 Å². The molecule has 0 bridgehead atoms. The number of rotatable bonds is 3. The third-order valence-electron chi connectivity index (χ3n) is 5.68. The van der Waals surface area contributed by atoms with Gasteiger partial charge in [0.2, 0.25) is 0 Å². The molecule has 3 aromatic rings. The highest BCUT2D eigenvalue weighted by molar-refractivity contribution is 6.30. The van der Waals surface area contributed by atoms with Crippen molar-refractivity contribution in [3.05, 3.63) is 64.8 Å². The van der Waals surface area contributed by atoms with Crippen molar-refractivity contribution >= 4 is 34.4 Å². The second-order valence-electron chi connectivity index (χ2n) is 7.79. The van der Waals surface area contributed by atoms with Gasteiger partial charge in [0.25, 0.3) is 5.91 Å². The number of hydrogen-bond acceptors (Lipinski definition) is 5. The molecule has 0 saturated carbocycles. The van der Waals surface area contributed by atoms with Gasteiger partial charge in [0, 0.05) is 17.4 Å². The van der Waals surface area contributed by atoms with E-state index >= 15 is 0 Å². The summed E-state index contributed by atoms with van der Waals surface area (Å²) in [4.78, 5) is 31.7. The molecule has 1 atom stereocenters. The van der Waals surface area contributed by atoms with Crippen LogP contribution < -0.4 is 14.8 Å². The van der Waals surface area contributed by atoms with Crippen LogP contribution in [-0.4, -0.2) is 35.0 Å². The lowest BCUT2D eigenvalue weighted by Gasteiger charge is -2.23. The van der Waals surface area contributed by atoms with Crippen LogP contribution in [0.3, 0.4) is 0 Å². The zero-order valence-corrected chi connectivity index (χ0v) is 17.6. The minimum Gasteiger partial charge on any atom is -0.490 e. The fourth-order valence-corrected chi connectivity index (χ4v) is 4.13. The number of nitrogens with one attached hydrogen (secondary N) is 1. The van der Waals surface area contributed by atoms with Crippen LogP contribution in [0.15, 0.2) is 48.5 Å². The van der Waals surface area contributed by atoms with Crippen molar-refractivity contribution in [1.82, 2.24) is 15.2 Å². The van der Waals surface area contributed by atoms with Crippen molar-refractivity contribution in [2.75, 3.05) is 13.2 Å². The highest BCUT2D eigenvalue weighted by atomic mass is 35.5. The number of urea groups is 1. The third kappa shape index (κ3) is 3.35. The Hall–Kier alpha value is -3.32. The van der Waals surface area contributed by atoms with Gasteiger partial charge in [-0.3, -0.25) is 9.69 Å². The Bertz CT molecular complexity index is 1210. The Morgan fingerprint density at radius 1 is 1.10 bits per heavy atom. The summed E-state index contributed by atoms with van der Waals surface area (Å²) in [6, 6.07) is 14.2. The van der Waals surface area contributed by atoms with E-state index in [1.807, 2.05) is 30.3 Å². The molecule has 2 aliphatic rings. The SMILES string of the molecule is CC1(c2ccc3c(c2)OCCCO3)NC(=O)N(Cc2cc3ccccc3nc2Cl)C1=O. The second-order valence-corrected chi connectivity index (χ2v) is 8.15. The average molecular weight is 438 g/mol. The molecule has 1 unspecified atom stereocenters. The molecular weight excluding hydrogens is 418 g/mol. The molecule has 1 saturated heterocycles. The molecule has 0 radical (unpaired) electrons. The smallest absolute Gasteiger partial charge is 0.325 e. The van der Waals surface area contributed by atoms with E-state index in [2.05, 4.69) is 10.3 Å². The average Bonchev–Trinajstić information content (AvgIpc) is 2.93. The molecule has 31 heavy (non-hydrogen) atoms. The lowest BCUT2D eigenvalue weighted by Crippen LogP contribution is -2.40. The van der Waals surface area contributed by atoms with Gasteiger partial charge in [-0.05, 0) is 36.8 Å². The number of carbonyl (C=O) groups excluding carboxylic acids is 2. The highest BCUT2D eigenvalue weighted by Crippen LogP contribution is 2.37. The van der Waals surface area contributed by atoms with Crippen LogP contribution in [0.25, 0.3) is 10.9 Å². The number of hydrogen-bond donors (Lipinski definition) is 1. The Morgan fingerprint density at radius 2 is 1.87 bits per heavy atom. The largest absolute Gasteiger partial charge is 0.490 e. The minimum atomic E-state index is -1.22. The molecule has 158 valence electrons. The molecule has 1 aromatic heterocycles. The number of carbonyl (C=O) groups is 2. The van der Waals surface area contributed by atoms with Crippen LogP contribution in [0.1, 0.15) is 24.5 Å². The first-order valence-electron chi connectivity index (χ1n) is 10.0. The Balaban J connectivity index is 1.46. The zero-order valence-electron chi connectivity index (χ0n) is 16.9. The fourth-order valence-electron chi connectivity index (χ4n) is 3.93. The van der Waals surface area contributed by atoms with E-state index in [0.717, 1.165) is 17.3 Å². The summed E-state index contributed by atoms with van der Waals surface area (Å²) < 4.78 is 11.4. The van der Waals surface area contributed by atoms with Gasteiger partial charge in [-0.25, -0.2) is 9.78 Å². The first-order chi connectivity index (χ1) is 15.0. The number of halogens is 1. The molecule has 1 N–H and O–H groups in total. The van der Waals surface area contributed by atoms with Crippen LogP contribution in [-0.2, 0) is 16.9 Å². The van der Waals surface area contributed by atoms with Crippen molar-refractivity contribution in [1.29, 1.82) is 0 Å². The number of pyridine rings is 1. The highest BCUT2D eigenvalue weighted by Gasteiger charge is 2.49. The van der Waals surface area contributed by atoms with Crippen LogP contribution >= 0.6 is 11.6 Å². The zero-order chi connectivity index (χ0) is 21.6. The lowest BCUT2D eigenvalue weighted by atomic mass is 9.91. The Kier molecular flexibility index (Phi) is 4.70. The molecule has 5 rings (SSSR count). The molecular formula is C23H20ClN3O4. The molecule has 2 aromatic carbocycles. The standard InChI is InChI=1S/C23H20ClN3O4/c1-23(16-7-8-18-19(12-16)31-10-4-9-30-18)21(28)27(22(29)26-23)13-15-11-14-5-2-3-6-17(14)25-20(15)24/h2-3,5-8,11-12H,4,9-10,13H2,1H3,(H,26,29). The van der Waals surface area contributed by atoms with Gasteiger partial charge >= 0.3 is 6.03 Å². The molecule has 2 aliphatic heterocycles. The van der Waals surface area contributed by atoms with Crippen molar-refractivity contribution in [2.45, 2.75) is 25.4 Å². The maximum atomic E-state index is 13.4. The van der Waals surface area contributed by atoms with Gasteiger partial charge in [0.1, 0.15) is 10.7 Å². The van der Waals surface area contributed by atoms with Gasteiger partial charge in [-0.1, -0.05) is 35.9 Å². The number of aromatic nitrogens is 1. The number of benzene rings is 2. The van der Waals surface area contributed by atoms with E-state index in [0.29, 0.717) is 35.8 Å². The number of ether oxygens (including phenoxy) is 2. The summed E-state index contributed by atoms with van der Waals surface area (Å²) in [7, 11) is 0. The summed E-state index contributed by atoms with van der Waals surface area (Å²) in [6.45, 7) is 2.83. The predicted molar refractivity (Wildman–Crippen MR) is 115 cm³/mol. The maximum absolute atomic E-state index is 13.4. The van der Waals surface area contributed by atoms with Crippen molar-refractivity contribution in [3.63, 3.8) is 0 Å². The van der Waals surface area contributed by atoms with E-state index in [1.165, 1.54) is 4.90 Å². The Labute approximate surface area is 183 Å². The Morgan fingerprint density at radius 3 is 2.71 bits per heavy atom. The van der Waals surface area contributed by atoms with Crippen LogP contribution in [0.4, 0.5) is 4.79 Å². The van der Waals surface area contributed by atoms with Gasteiger partial charge in [0.15, 0.2) is 11.5 Å². The van der Waals surface area contributed by atoms with E-state index < -0.39 is 11.6 Å². The maximum Gasteiger partial charge on any atom is 0.325 e. The van der Waals surface area contributed by atoms with Crippen molar-refractivity contribution < 1.29 is 19.1 Å². The summed E-state index contributed by atoms with van der Waals surface area (Å²) in [5, 5.41) is 3.98. The quantitative estimate of drug-likeness (QED) is 0.494. The van der Waals surface area contributed by atoms with Crippen molar-refractivity contribution in [2.24, 2.45) is 0 Å². The topological polar surface area (TPSA) is 80.8 Å². The first-order valence-corrected chi connectivity index (χ1v) is 10.4. The number of nitrogens with zero attached hydrogens (tertiary/aromatic N) is 2. The van der Waals surface area contributed by atoms with Gasteiger partial charge < -0.3 is 14.8 Å². The molecule has 0 aliphatic carbocycles. The normalized spacial score (nSPS) is 20.6. The monoisotopic (exact) mass is 437 g/mol.